The number of nitrogens with zero attached hydrogens (tertiary/aromatic N) is 4. The normalized spacial score (nSPS) is 19.7. The molecule has 1 aromatic carbocycles. The number of hydrogen-bond acceptors (Lipinski definition) is 5. The first-order valence-corrected chi connectivity index (χ1v) is 10.7. The van der Waals surface area contributed by atoms with Gasteiger partial charge in [-0.2, -0.15) is 5.26 Å². The van der Waals surface area contributed by atoms with Crippen LogP contribution in [0.4, 0.5) is 5.82 Å². The maximum Gasteiger partial charge on any atom is 0.243 e. The minimum absolute atomic E-state index is 0.163. The quantitative estimate of drug-likeness (QED) is 0.810. The zero-order valence-electron chi connectivity index (χ0n) is 17.0. The number of carbonyl (C=O) groups is 1. The minimum Gasteiger partial charge on any atom is -0.352 e. The number of rotatable bonds is 4. The van der Waals surface area contributed by atoms with E-state index in [0.717, 1.165) is 62.9 Å². The summed E-state index contributed by atoms with van der Waals surface area (Å²) in [6.07, 6.45) is 5.46. The van der Waals surface area contributed by atoms with E-state index in [4.69, 9.17) is 9.97 Å². The molecule has 1 saturated carbocycles. The number of fused-ring (bicyclic) bond motifs is 1. The Morgan fingerprint density at radius 3 is 2.48 bits per heavy atom. The van der Waals surface area contributed by atoms with E-state index in [1.807, 2.05) is 24.3 Å². The Bertz CT molecular complexity index is 909. The Morgan fingerprint density at radius 1 is 1.17 bits per heavy atom. The Kier molecular flexibility index (Phi) is 5.91. The highest BCUT2D eigenvalue weighted by Gasteiger charge is 2.31. The Labute approximate surface area is 171 Å². The van der Waals surface area contributed by atoms with E-state index in [1.54, 1.807) is 0 Å². The summed E-state index contributed by atoms with van der Waals surface area (Å²) < 4.78 is 0. The number of quaternary nitrogens is 1. The summed E-state index contributed by atoms with van der Waals surface area (Å²) in [7, 11) is 2.18. The fourth-order valence-electron chi connectivity index (χ4n) is 4.31. The predicted octanol–water partition coefficient (Wildman–Crippen LogP) is 1.02. The fourth-order valence-corrected chi connectivity index (χ4v) is 4.31. The highest BCUT2D eigenvalue weighted by atomic mass is 16.2. The Morgan fingerprint density at radius 2 is 1.83 bits per heavy atom. The SMILES string of the molecule is C[NH+]1CCN(c2nc3ccccc3nc2[C@@H](C#N)C(=O)NC2CCCCC2)CC1. The van der Waals surface area contributed by atoms with Crippen LogP contribution in [-0.2, 0) is 4.79 Å². The van der Waals surface area contributed by atoms with Crippen LogP contribution in [0, 0.1) is 11.3 Å². The third kappa shape index (κ3) is 4.33. The molecular formula is C22H29N6O+. The Balaban J connectivity index is 1.68. The summed E-state index contributed by atoms with van der Waals surface area (Å²) >= 11 is 0. The molecule has 4 rings (SSSR count). The van der Waals surface area contributed by atoms with Crippen LogP contribution in [0.5, 0.6) is 0 Å². The maximum absolute atomic E-state index is 13.0. The summed E-state index contributed by atoms with van der Waals surface area (Å²) in [4.78, 5) is 26.3. The molecule has 152 valence electrons. The Hall–Kier alpha value is -2.72. The van der Waals surface area contributed by atoms with Gasteiger partial charge in [0, 0.05) is 6.04 Å². The van der Waals surface area contributed by atoms with Crippen molar-refractivity contribution in [1.29, 1.82) is 5.26 Å². The highest BCUT2D eigenvalue weighted by Crippen LogP contribution is 2.28. The van der Waals surface area contributed by atoms with Crippen LogP contribution in [0.1, 0.15) is 43.7 Å². The standard InChI is InChI=1S/C22H28N6O/c1-27-11-13-28(14-12-27)21-20(25-18-9-5-6-10-19(18)26-21)17(15-23)22(29)24-16-7-3-2-4-8-16/h5-6,9-10,16-17H,2-4,7-8,11-14H2,1H3,(H,24,29)/p+1/t17-/m1/s1. The molecule has 2 fully saturated rings. The van der Waals surface area contributed by atoms with Crippen molar-refractivity contribution in [3.05, 3.63) is 30.0 Å². The van der Waals surface area contributed by atoms with Crippen molar-refractivity contribution in [2.24, 2.45) is 0 Å². The van der Waals surface area contributed by atoms with Gasteiger partial charge in [-0.15, -0.1) is 0 Å². The molecule has 29 heavy (non-hydrogen) atoms. The molecule has 1 saturated heterocycles. The molecular weight excluding hydrogens is 364 g/mol. The second-order valence-electron chi connectivity index (χ2n) is 8.27. The van der Waals surface area contributed by atoms with Crippen LogP contribution in [0.2, 0.25) is 0 Å². The van der Waals surface area contributed by atoms with Crippen molar-refractivity contribution in [3.8, 4) is 6.07 Å². The van der Waals surface area contributed by atoms with Gasteiger partial charge in [0.15, 0.2) is 11.7 Å². The molecule has 2 N–H and O–H groups in total. The number of piperazine rings is 1. The summed E-state index contributed by atoms with van der Waals surface area (Å²) in [5.74, 6) is -0.512. The predicted molar refractivity (Wildman–Crippen MR) is 112 cm³/mol. The first-order chi connectivity index (χ1) is 14.2. The molecule has 0 radical (unpaired) electrons. The van der Waals surface area contributed by atoms with Gasteiger partial charge in [0.2, 0.25) is 5.91 Å². The lowest BCUT2D eigenvalue weighted by atomic mass is 9.94. The first-order valence-electron chi connectivity index (χ1n) is 10.7. The van der Waals surface area contributed by atoms with Crippen LogP contribution in [0.3, 0.4) is 0 Å². The first kappa shape index (κ1) is 19.6. The molecule has 2 aromatic rings. The van der Waals surface area contributed by atoms with E-state index < -0.39 is 5.92 Å². The minimum atomic E-state index is -0.948. The van der Waals surface area contributed by atoms with Gasteiger partial charge in [-0.1, -0.05) is 31.4 Å². The van der Waals surface area contributed by atoms with Gasteiger partial charge in [-0.05, 0) is 25.0 Å². The number of anilines is 1. The van der Waals surface area contributed by atoms with Crippen LogP contribution in [-0.4, -0.2) is 55.1 Å². The van der Waals surface area contributed by atoms with Gasteiger partial charge >= 0.3 is 0 Å². The maximum atomic E-state index is 13.0. The van der Waals surface area contributed by atoms with Gasteiger partial charge in [-0.25, -0.2) is 9.97 Å². The molecule has 7 heteroatoms. The summed E-state index contributed by atoms with van der Waals surface area (Å²) in [6, 6.07) is 10.0. The molecule has 7 nitrogen and oxygen atoms in total. The summed E-state index contributed by atoms with van der Waals surface area (Å²) in [5, 5.41) is 13.0. The largest absolute Gasteiger partial charge is 0.352 e. The molecule has 1 aliphatic heterocycles. The number of benzene rings is 1. The smallest absolute Gasteiger partial charge is 0.243 e. The van der Waals surface area contributed by atoms with Crippen molar-refractivity contribution >= 4 is 22.8 Å². The van der Waals surface area contributed by atoms with Gasteiger partial charge < -0.3 is 15.1 Å². The summed E-state index contributed by atoms with van der Waals surface area (Å²) in [5.41, 5.74) is 2.00. The second kappa shape index (κ2) is 8.75. The zero-order valence-corrected chi connectivity index (χ0v) is 17.0. The number of carbonyl (C=O) groups excluding carboxylic acids is 1. The number of nitrogens with one attached hydrogen (secondary N) is 2. The average Bonchev–Trinajstić information content (AvgIpc) is 2.75. The van der Waals surface area contributed by atoms with Crippen LogP contribution in [0.25, 0.3) is 11.0 Å². The topological polar surface area (TPSA) is 86.3 Å². The molecule has 1 amide bonds. The number of likely N-dealkylation sites (N-methyl/N-ethyl adjacent to an activating group) is 1. The molecule has 1 aliphatic carbocycles. The molecule has 2 aliphatic rings. The van der Waals surface area contributed by atoms with Crippen molar-refractivity contribution in [2.45, 2.75) is 44.1 Å². The van der Waals surface area contributed by atoms with Crippen molar-refractivity contribution in [2.75, 3.05) is 38.1 Å². The van der Waals surface area contributed by atoms with E-state index in [-0.39, 0.29) is 11.9 Å². The summed E-state index contributed by atoms with van der Waals surface area (Å²) in [6.45, 7) is 3.68. The van der Waals surface area contributed by atoms with Gasteiger partial charge in [0.05, 0.1) is 50.3 Å². The number of aromatic nitrogens is 2. The van der Waals surface area contributed by atoms with E-state index in [2.05, 4.69) is 23.3 Å². The van der Waals surface area contributed by atoms with E-state index >= 15 is 0 Å². The second-order valence-corrected chi connectivity index (χ2v) is 8.27. The van der Waals surface area contributed by atoms with Crippen LogP contribution in [0.15, 0.2) is 24.3 Å². The number of hydrogen-bond donors (Lipinski definition) is 2. The van der Waals surface area contributed by atoms with Crippen molar-refractivity contribution in [1.82, 2.24) is 15.3 Å². The monoisotopic (exact) mass is 393 g/mol. The third-order valence-electron chi connectivity index (χ3n) is 6.11. The van der Waals surface area contributed by atoms with Gasteiger partial charge in [0.25, 0.3) is 0 Å². The fraction of sp³-hybridized carbons (Fsp3) is 0.545. The van der Waals surface area contributed by atoms with Gasteiger partial charge in [0.1, 0.15) is 5.69 Å². The molecule has 1 aromatic heterocycles. The molecule has 2 heterocycles. The van der Waals surface area contributed by atoms with Gasteiger partial charge in [-0.3, -0.25) is 4.79 Å². The van der Waals surface area contributed by atoms with Crippen molar-refractivity contribution in [3.63, 3.8) is 0 Å². The average molecular weight is 394 g/mol. The third-order valence-corrected chi connectivity index (χ3v) is 6.11. The lowest BCUT2D eigenvalue weighted by Crippen LogP contribution is -3.12. The lowest BCUT2D eigenvalue weighted by molar-refractivity contribution is -0.880. The number of nitriles is 1. The van der Waals surface area contributed by atoms with Crippen LogP contribution < -0.4 is 15.1 Å². The highest BCUT2D eigenvalue weighted by molar-refractivity contribution is 5.89. The van der Waals surface area contributed by atoms with Crippen LogP contribution >= 0.6 is 0 Å². The zero-order chi connectivity index (χ0) is 20.2. The van der Waals surface area contributed by atoms with E-state index in [1.165, 1.54) is 11.3 Å². The van der Waals surface area contributed by atoms with E-state index in [9.17, 15) is 10.1 Å². The molecule has 0 spiro atoms. The van der Waals surface area contributed by atoms with Crippen molar-refractivity contribution < 1.29 is 9.69 Å². The number of para-hydroxylation sites is 2. The van der Waals surface area contributed by atoms with E-state index in [0.29, 0.717) is 11.5 Å². The molecule has 0 bridgehead atoms. The lowest BCUT2D eigenvalue weighted by Gasteiger charge is -2.32. The number of amides is 1. The molecule has 1 atom stereocenters. The molecule has 0 unspecified atom stereocenters.